The maximum Gasteiger partial charge on any atom is 0.268 e. The zero-order valence-electron chi connectivity index (χ0n) is 13.7. The number of hydrogen-bond acceptors (Lipinski definition) is 6. The van der Waals surface area contributed by atoms with Gasteiger partial charge in [0.05, 0.1) is 11.5 Å². The minimum Gasteiger partial charge on any atom is -0.380 e. The first kappa shape index (κ1) is 18.9. The van der Waals surface area contributed by atoms with Crippen LogP contribution in [0.25, 0.3) is 0 Å². The third-order valence-corrected chi connectivity index (χ3v) is 4.92. The molecule has 7 nitrogen and oxygen atoms in total. The molecule has 3 heterocycles. The van der Waals surface area contributed by atoms with Gasteiger partial charge in [-0.2, -0.15) is 10.1 Å². The lowest BCUT2D eigenvalue weighted by atomic mass is 9.98. The highest BCUT2D eigenvalue weighted by molar-refractivity contribution is 7.12. The lowest BCUT2D eigenvalue weighted by molar-refractivity contribution is 0.102. The van der Waals surface area contributed by atoms with Crippen LogP contribution in [0.2, 0.25) is 0 Å². The number of rotatable bonds is 5. The summed E-state index contributed by atoms with van der Waals surface area (Å²) in [6.45, 7) is 2.39. The Morgan fingerprint density at radius 1 is 1.50 bits per heavy atom. The summed E-state index contributed by atoms with van der Waals surface area (Å²) in [7, 11) is 3.42. The maximum absolute atomic E-state index is 12.5. The van der Waals surface area contributed by atoms with Crippen molar-refractivity contribution in [2.75, 3.05) is 25.5 Å². The van der Waals surface area contributed by atoms with Gasteiger partial charge in [0, 0.05) is 25.6 Å². The zero-order valence-corrected chi connectivity index (χ0v) is 15.4. The molecule has 24 heavy (non-hydrogen) atoms. The van der Waals surface area contributed by atoms with E-state index in [1.807, 2.05) is 11.4 Å². The molecule has 1 saturated heterocycles. The second kappa shape index (κ2) is 8.57. The molecule has 2 aromatic rings. The van der Waals surface area contributed by atoms with E-state index in [1.165, 1.54) is 11.3 Å². The van der Waals surface area contributed by atoms with Gasteiger partial charge in [-0.05, 0) is 37.4 Å². The van der Waals surface area contributed by atoms with Gasteiger partial charge in [0.25, 0.3) is 5.91 Å². The topological polar surface area (TPSA) is 81.1 Å². The van der Waals surface area contributed by atoms with Crippen molar-refractivity contribution in [2.24, 2.45) is 7.05 Å². The van der Waals surface area contributed by atoms with Gasteiger partial charge < -0.3 is 10.1 Å². The van der Waals surface area contributed by atoms with E-state index < -0.39 is 0 Å². The number of ether oxygens (including phenoxy) is 1. The number of nitrogens with one attached hydrogen (secondary N) is 2. The van der Waals surface area contributed by atoms with Crippen molar-refractivity contribution in [3.63, 3.8) is 0 Å². The number of carbonyl (C=O) groups is 1. The summed E-state index contributed by atoms with van der Waals surface area (Å²) in [6, 6.07) is 1.90. The second-order valence-electron chi connectivity index (χ2n) is 5.60. The highest BCUT2D eigenvalue weighted by atomic mass is 35.5. The molecule has 3 rings (SSSR count). The molecule has 0 radical (unpaired) electrons. The molecule has 0 spiro atoms. The Morgan fingerprint density at radius 3 is 2.96 bits per heavy atom. The first-order valence-electron chi connectivity index (χ1n) is 7.67. The first-order valence-corrected chi connectivity index (χ1v) is 8.55. The largest absolute Gasteiger partial charge is 0.380 e. The van der Waals surface area contributed by atoms with Crippen LogP contribution in [0.15, 0.2) is 11.4 Å². The highest BCUT2D eigenvalue weighted by Crippen LogP contribution is 2.24. The number of anilines is 1. The average molecular weight is 372 g/mol. The van der Waals surface area contributed by atoms with Gasteiger partial charge in [0.2, 0.25) is 5.95 Å². The van der Waals surface area contributed by atoms with E-state index in [1.54, 1.807) is 18.8 Å². The molecule has 132 valence electrons. The minimum absolute atomic E-state index is 0. The number of carbonyl (C=O) groups excluding carboxylic acids is 1. The molecular formula is C15H22ClN5O2S. The second-order valence-corrected chi connectivity index (χ2v) is 6.52. The van der Waals surface area contributed by atoms with Crippen LogP contribution < -0.4 is 10.6 Å². The Kier molecular flexibility index (Phi) is 6.73. The van der Waals surface area contributed by atoms with Gasteiger partial charge >= 0.3 is 0 Å². The molecule has 0 saturated carbocycles. The van der Waals surface area contributed by atoms with Gasteiger partial charge in [-0.1, -0.05) is 0 Å². The van der Waals surface area contributed by atoms with Crippen molar-refractivity contribution < 1.29 is 9.53 Å². The fourth-order valence-electron chi connectivity index (χ4n) is 2.73. The monoisotopic (exact) mass is 371 g/mol. The van der Waals surface area contributed by atoms with E-state index in [4.69, 9.17) is 4.74 Å². The van der Waals surface area contributed by atoms with E-state index in [0.29, 0.717) is 23.4 Å². The van der Waals surface area contributed by atoms with E-state index >= 15 is 0 Å². The Balaban J connectivity index is 0.00000208. The number of aromatic nitrogens is 3. The standard InChI is InChI=1S/C15H21N5O2S.ClH/c1-20-15(17-13(19-20)10-3-6-16-7-4-10)18-14(21)12-11(9-22-2)5-8-23-12;/h5,8,10,16H,3-4,6-7,9H2,1-2H3,(H,17,18,19,21);1H. The molecule has 0 unspecified atom stereocenters. The molecule has 9 heteroatoms. The van der Waals surface area contributed by atoms with Gasteiger partial charge in [0.15, 0.2) is 5.82 Å². The molecule has 1 aliphatic heterocycles. The number of aryl methyl sites for hydroxylation is 1. The Bertz CT molecular complexity index is 681. The van der Waals surface area contributed by atoms with Crippen molar-refractivity contribution in [2.45, 2.75) is 25.4 Å². The summed E-state index contributed by atoms with van der Waals surface area (Å²) in [6.07, 6.45) is 2.06. The van der Waals surface area contributed by atoms with Crippen LogP contribution >= 0.6 is 23.7 Å². The van der Waals surface area contributed by atoms with E-state index in [9.17, 15) is 4.79 Å². The quantitative estimate of drug-likeness (QED) is 0.841. The molecule has 2 N–H and O–H groups in total. The molecule has 0 atom stereocenters. The Morgan fingerprint density at radius 2 is 2.25 bits per heavy atom. The van der Waals surface area contributed by atoms with Crippen molar-refractivity contribution in [1.29, 1.82) is 0 Å². The van der Waals surface area contributed by atoms with Crippen molar-refractivity contribution in [3.05, 3.63) is 27.7 Å². The summed E-state index contributed by atoms with van der Waals surface area (Å²) in [4.78, 5) is 17.6. The zero-order chi connectivity index (χ0) is 16.2. The molecule has 0 aliphatic carbocycles. The van der Waals surface area contributed by atoms with E-state index in [-0.39, 0.29) is 18.3 Å². The number of hydrogen-bond donors (Lipinski definition) is 2. The van der Waals surface area contributed by atoms with Crippen LogP contribution in [0.5, 0.6) is 0 Å². The third-order valence-electron chi connectivity index (χ3n) is 3.96. The summed E-state index contributed by atoms with van der Waals surface area (Å²) < 4.78 is 6.76. The SMILES string of the molecule is COCc1ccsc1C(=O)Nc1nc(C2CCNCC2)nn1C.Cl. The van der Waals surface area contributed by atoms with Crippen LogP contribution in [0.4, 0.5) is 5.95 Å². The van der Waals surface area contributed by atoms with Crippen LogP contribution in [-0.4, -0.2) is 40.9 Å². The molecule has 1 aliphatic rings. The summed E-state index contributed by atoms with van der Waals surface area (Å²) in [5.41, 5.74) is 0.885. The third kappa shape index (κ3) is 4.13. The molecule has 0 bridgehead atoms. The number of nitrogens with zero attached hydrogens (tertiary/aromatic N) is 3. The Labute approximate surface area is 151 Å². The minimum atomic E-state index is -0.167. The van der Waals surface area contributed by atoms with Crippen molar-refractivity contribution in [1.82, 2.24) is 20.1 Å². The molecule has 1 fully saturated rings. The number of thiophene rings is 1. The number of halogens is 1. The molecular weight excluding hydrogens is 350 g/mol. The van der Waals surface area contributed by atoms with Crippen LogP contribution in [0, 0.1) is 0 Å². The van der Waals surface area contributed by atoms with Crippen LogP contribution in [0.1, 0.15) is 39.8 Å². The van der Waals surface area contributed by atoms with Crippen molar-refractivity contribution >= 4 is 35.6 Å². The first-order chi connectivity index (χ1) is 11.2. The van der Waals surface area contributed by atoms with Crippen LogP contribution in [0.3, 0.4) is 0 Å². The Hall–Kier alpha value is -1.48. The number of amides is 1. The fourth-order valence-corrected chi connectivity index (χ4v) is 3.53. The van der Waals surface area contributed by atoms with Gasteiger partial charge in [0.1, 0.15) is 0 Å². The highest BCUT2D eigenvalue weighted by Gasteiger charge is 2.22. The summed E-state index contributed by atoms with van der Waals surface area (Å²) >= 11 is 1.40. The molecule has 2 aromatic heterocycles. The van der Waals surface area contributed by atoms with Gasteiger partial charge in [-0.25, -0.2) is 4.68 Å². The average Bonchev–Trinajstić information content (AvgIpc) is 3.16. The van der Waals surface area contributed by atoms with E-state index in [0.717, 1.165) is 37.3 Å². The van der Waals surface area contributed by atoms with E-state index in [2.05, 4.69) is 20.7 Å². The van der Waals surface area contributed by atoms with Crippen LogP contribution in [-0.2, 0) is 18.4 Å². The van der Waals surface area contributed by atoms with Gasteiger partial charge in [-0.3, -0.25) is 10.1 Å². The maximum atomic E-state index is 12.5. The number of piperidine rings is 1. The smallest absolute Gasteiger partial charge is 0.268 e. The lowest BCUT2D eigenvalue weighted by Crippen LogP contribution is -2.27. The normalized spacial score (nSPS) is 15.1. The van der Waals surface area contributed by atoms with Crippen molar-refractivity contribution in [3.8, 4) is 0 Å². The fraction of sp³-hybridized carbons (Fsp3) is 0.533. The predicted molar refractivity (Wildman–Crippen MR) is 96.1 cm³/mol. The predicted octanol–water partition coefficient (Wildman–Crippen LogP) is 2.16. The lowest BCUT2D eigenvalue weighted by Gasteiger charge is -2.19. The summed E-state index contributed by atoms with van der Waals surface area (Å²) in [5, 5.41) is 12.6. The number of methoxy groups -OCH3 is 1. The summed E-state index contributed by atoms with van der Waals surface area (Å²) in [5.74, 6) is 1.49. The molecule has 0 aromatic carbocycles. The van der Waals surface area contributed by atoms with Gasteiger partial charge in [-0.15, -0.1) is 23.7 Å². The molecule has 1 amide bonds.